The molecule has 2 aromatic carbocycles. The third-order valence-electron chi connectivity index (χ3n) is 6.55. The van der Waals surface area contributed by atoms with Crippen molar-refractivity contribution < 1.29 is 23.9 Å². The number of carbonyl (C=O) groups is 3. The van der Waals surface area contributed by atoms with E-state index in [9.17, 15) is 24.3 Å². The van der Waals surface area contributed by atoms with E-state index in [1.54, 1.807) is 44.2 Å². The van der Waals surface area contributed by atoms with Crippen molar-refractivity contribution in [2.24, 2.45) is 0 Å². The number of aryl methyl sites for hydroxylation is 2. The lowest BCUT2D eigenvalue weighted by molar-refractivity contribution is -0.159. The molecule has 2 saturated heterocycles. The molecule has 1 aromatic heterocycles. The van der Waals surface area contributed by atoms with E-state index in [-0.39, 0.29) is 5.43 Å². The Morgan fingerprint density at radius 2 is 1.77 bits per heavy atom. The standard InChI is InChI=1S/C26H24N2O6S/c1-12-9-13(2)20-16(10-12)17(29)11-18(34-20)14-5-7-15(8-6-14)22(30)27-19-23(31)28-21(25(32)33)26(3,4)35-24(19)28/h5-11,19,21,24H,1-4H3,(H,27,30)(H,32,33)/t19-,21+,24-/m1/s1. The van der Waals surface area contributed by atoms with Gasteiger partial charge in [0, 0.05) is 21.9 Å². The zero-order valence-corrected chi connectivity index (χ0v) is 20.4. The molecule has 0 radical (unpaired) electrons. The van der Waals surface area contributed by atoms with Crippen molar-refractivity contribution in [1.82, 2.24) is 10.2 Å². The minimum atomic E-state index is -1.05. The normalized spacial score (nSPS) is 22.6. The van der Waals surface area contributed by atoms with Crippen LogP contribution >= 0.6 is 11.8 Å². The van der Waals surface area contributed by atoms with E-state index in [2.05, 4.69) is 5.32 Å². The van der Waals surface area contributed by atoms with E-state index in [0.717, 1.165) is 11.1 Å². The molecule has 2 aliphatic heterocycles. The van der Waals surface area contributed by atoms with Crippen LogP contribution in [0.1, 0.15) is 35.3 Å². The number of amides is 2. The zero-order chi connectivity index (χ0) is 25.2. The van der Waals surface area contributed by atoms with Gasteiger partial charge in [0.2, 0.25) is 5.91 Å². The summed E-state index contributed by atoms with van der Waals surface area (Å²) in [5.41, 5.74) is 3.23. The Bertz CT molecular complexity index is 1460. The number of aliphatic carboxylic acids is 1. The van der Waals surface area contributed by atoms with E-state index in [4.69, 9.17) is 4.42 Å². The second-order valence-corrected chi connectivity index (χ2v) is 11.3. The predicted octanol–water partition coefficient (Wildman–Crippen LogP) is 3.32. The van der Waals surface area contributed by atoms with Crippen molar-refractivity contribution >= 4 is 40.5 Å². The number of hydrogen-bond donors (Lipinski definition) is 2. The van der Waals surface area contributed by atoms with Gasteiger partial charge >= 0.3 is 5.97 Å². The number of carboxylic acids is 1. The molecule has 35 heavy (non-hydrogen) atoms. The lowest BCUT2D eigenvalue weighted by atomic mass is 9.96. The van der Waals surface area contributed by atoms with Crippen LogP contribution in [0.3, 0.4) is 0 Å². The summed E-state index contributed by atoms with van der Waals surface area (Å²) in [6, 6.07) is 10.1. The first-order chi connectivity index (χ1) is 16.5. The van der Waals surface area contributed by atoms with E-state index < -0.39 is 40.0 Å². The quantitative estimate of drug-likeness (QED) is 0.537. The molecular formula is C26H24N2O6S. The Kier molecular flexibility index (Phi) is 5.28. The highest BCUT2D eigenvalue weighted by Gasteiger charge is 2.64. The van der Waals surface area contributed by atoms with Gasteiger partial charge in [-0.2, -0.15) is 0 Å². The van der Waals surface area contributed by atoms with Crippen LogP contribution in [0.4, 0.5) is 0 Å². The minimum Gasteiger partial charge on any atom is -0.480 e. The second kappa shape index (κ2) is 7.98. The molecule has 0 spiro atoms. The van der Waals surface area contributed by atoms with Crippen molar-refractivity contribution in [3.05, 3.63) is 69.4 Å². The Hall–Kier alpha value is -3.59. The van der Waals surface area contributed by atoms with Crippen LogP contribution in [0.15, 0.2) is 51.7 Å². The van der Waals surface area contributed by atoms with Crippen molar-refractivity contribution in [3.8, 4) is 11.3 Å². The molecule has 0 aliphatic carbocycles. The molecule has 2 fully saturated rings. The van der Waals surface area contributed by atoms with Crippen molar-refractivity contribution in [3.63, 3.8) is 0 Å². The maximum atomic E-state index is 12.8. The van der Waals surface area contributed by atoms with Crippen LogP contribution in [0.25, 0.3) is 22.3 Å². The highest BCUT2D eigenvalue weighted by atomic mass is 32.2. The predicted molar refractivity (Wildman–Crippen MR) is 132 cm³/mol. The zero-order valence-electron chi connectivity index (χ0n) is 19.6. The number of rotatable bonds is 4. The average Bonchev–Trinajstić information content (AvgIpc) is 3.06. The molecule has 9 heteroatoms. The van der Waals surface area contributed by atoms with E-state index in [1.807, 2.05) is 19.9 Å². The topological polar surface area (TPSA) is 117 Å². The van der Waals surface area contributed by atoms with Crippen LogP contribution in [-0.4, -0.2) is 50.0 Å². The first kappa shape index (κ1) is 23.2. The molecular weight excluding hydrogens is 468 g/mol. The van der Waals surface area contributed by atoms with Crippen molar-refractivity contribution in [1.29, 1.82) is 0 Å². The summed E-state index contributed by atoms with van der Waals surface area (Å²) in [5.74, 6) is -1.48. The number of carboxylic acid groups (broad SMARTS) is 1. The Morgan fingerprint density at radius 3 is 2.43 bits per heavy atom. The lowest BCUT2D eigenvalue weighted by Gasteiger charge is -2.43. The summed E-state index contributed by atoms with van der Waals surface area (Å²) in [5, 5.41) is 12.4. The van der Waals surface area contributed by atoms with Gasteiger partial charge < -0.3 is 19.7 Å². The van der Waals surface area contributed by atoms with Gasteiger partial charge in [0.15, 0.2) is 5.43 Å². The number of benzene rings is 2. The summed E-state index contributed by atoms with van der Waals surface area (Å²) < 4.78 is 5.36. The molecule has 180 valence electrons. The molecule has 8 nitrogen and oxygen atoms in total. The largest absolute Gasteiger partial charge is 0.480 e. The fourth-order valence-electron chi connectivity index (χ4n) is 4.91. The van der Waals surface area contributed by atoms with Crippen LogP contribution < -0.4 is 10.7 Å². The first-order valence-corrected chi connectivity index (χ1v) is 12.0. The van der Waals surface area contributed by atoms with Gasteiger partial charge in [-0.25, -0.2) is 4.79 Å². The van der Waals surface area contributed by atoms with Gasteiger partial charge in [-0.05, 0) is 57.0 Å². The average molecular weight is 493 g/mol. The molecule has 0 bridgehead atoms. The molecule has 3 atom stereocenters. The fourth-order valence-corrected chi connectivity index (χ4v) is 6.53. The molecule has 3 aromatic rings. The van der Waals surface area contributed by atoms with Gasteiger partial charge in [-0.1, -0.05) is 18.2 Å². The summed E-state index contributed by atoms with van der Waals surface area (Å²) in [6.45, 7) is 7.39. The minimum absolute atomic E-state index is 0.139. The molecule has 0 saturated carbocycles. The highest BCUT2D eigenvalue weighted by molar-refractivity contribution is 8.01. The monoisotopic (exact) mass is 492 g/mol. The third-order valence-corrected chi connectivity index (χ3v) is 8.12. The van der Waals surface area contributed by atoms with Gasteiger partial charge in [0.1, 0.15) is 28.8 Å². The highest BCUT2D eigenvalue weighted by Crippen LogP contribution is 2.50. The molecule has 0 unspecified atom stereocenters. The van der Waals surface area contributed by atoms with Crippen molar-refractivity contribution in [2.75, 3.05) is 0 Å². The first-order valence-electron chi connectivity index (χ1n) is 11.2. The van der Waals surface area contributed by atoms with Crippen LogP contribution in [0.2, 0.25) is 0 Å². The number of thioether (sulfide) groups is 1. The lowest BCUT2D eigenvalue weighted by Crippen LogP contribution is -2.70. The fraction of sp³-hybridized carbons (Fsp3) is 0.308. The molecule has 5 rings (SSSR count). The Balaban J connectivity index is 1.35. The molecule has 2 N–H and O–H groups in total. The maximum Gasteiger partial charge on any atom is 0.327 e. The maximum absolute atomic E-state index is 12.8. The van der Waals surface area contributed by atoms with Gasteiger partial charge in [0.05, 0.1) is 5.39 Å². The van der Waals surface area contributed by atoms with Gasteiger partial charge in [-0.15, -0.1) is 11.8 Å². The summed E-state index contributed by atoms with van der Waals surface area (Å²) in [4.78, 5) is 51.1. The summed E-state index contributed by atoms with van der Waals surface area (Å²) in [6.07, 6.45) is 0. The van der Waals surface area contributed by atoms with E-state index in [0.29, 0.717) is 27.9 Å². The number of nitrogens with one attached hydrogen (secondary N) is 1. The third kappa shape index (κ3) is 3.70. The van der Waals surface area contributed by atoms with Crippen molar-refractivity contribution in [2.45, 2.75) is 49.9 Å². The van der Waals surface area contributed by atoms with Crippen LogP contribution in [0, 0.1) is 13.8 Å². The summed E-state index contributed by atoms with van der Waals surface area (Å²) >= 11 is 1.37. The Morgan fingerprint density at radius 1 is 1.09 bits per heavy atom. The molecule has 2 aliphatic rings. The van der Waals surface area contributed by atoms with Crippen LogP contribution in [0.5, 0.6) is 0 Å². The smallest absolute Gasteiger partial charge is 0.327 e. The van der Waals surface area contributed by atoms with Gasteiger partial charge in [-0.3, -0.25) is 14.4 Å². The molecule has 3 heterocycles. The number of hydrogen-bond acceptors (Lipinski definition) is 6. The molecule has 2 amide bonds. The van der Waals surface area contributed by atoms with E-state index in [1.165, 1.54) is 22.7 Å². The number of nitrogens with zero attached hydrogens (tertiary/aromatic N) is 1. The summed E-state index contributed by atoms with van der Waals surface area (Å²) in [7, 11) is 0. The second-order valence-electron chi connectivity index (χ2n) is 9.56. The number of β-lactam (4-membered cyclic amide) rings is 1. The van der Waals surface area contributed by atoms with Crippen LogP contribution in [-0.2, 0) is 9.59 Å². The SMILES string of the molecule is Cc1cc(C)c2oc(-c3ccc(C(=O)N[C@@H]4C(=O)N5[C@@H]4SC(C)(C)[C@@H]5C(=O)O)cc3)cc(=O)c2c1. The van der Waals surface area contributed by atoms with E-state index >= 15 is 0 Å². The number of fused-ring (bicyclic) bond motifs is 2. The Labute approximate surface area is 205 Å². The number of carbonyl (C=O) groups excluding carboxylic acids is 2. The van der Waals surface area contributed by atoms with Gasteiger partial charge in [0.25, 0.3) is 5.91 Å².